The van der Waals surface area contributed by atoms with Crippen molar-refractivity contribution in [3.05, 3.63) is 58.6 Å². The fraction of sp³-hybridized carbons (Fsp3) is 0.458. The number of amides is 1. The van der Waals surface area contributed by atoms with E-state index >= 15 is 0 Å². The van der Waals surface area contributed by atoms with Crippen LogP contribution in [0.2, 0.25) is 5.02 Å². The van der Waals surface area contributed by atoms with Gasteiger partial charge in [-0.15, -0.1) is 11.8 Å². The molecule has 1 aliphatic rings. The van der Waals surface area contributed by atoms with Crippen LogP contribution in [0.4, 0.5) is 4.79 Å². The van der Waals surface area contributed by atoms with Crippen molar-refractivity contribution in [2.75, 3.05) is 18.8 Å². The fourth-order valence-electron chi connectivity index (χ4n) is 3.66. The molecule has 0 spiro atoms. The Bertz CT molecular complexity index is 915. The lowest BCUT2D eigenvalue weighted by Gasteiger charge is -2.31. The molecule has 0 saturated heterocycles. The van der Waals surface area contributed by atoms with Crippen LogP contribution in [-0.2, 0) is 11.2 Å². The number of aliphatic hydroxyl groups is 1. The molecule has 1 heterocycles. The topological polar surface area (TPSA) is 70.0 Å². The van der Waals surface area contributed by atoms with Gasteiger partial charge in [-0.3, -0.25) is 0 Å². The summed E-state index contributed by atoms with van der Waals surface area (Å²) in [4.78, 5) is 15.7. The standard InChI is InChI=1S/C24H30ClNO4S/c1-24(2,3)30-23(29)26(15-21(28)17-5-4-6-19(25)12-17)14-16-9-10-31-22-8-7-20(27)13-18(22)11-16/h4-8,12-13,16,21,27-28H,9-11,14-15H2,1-3H3. The number of aromatic hydroxyl groups is 1. The lowest BCUT2D eigenvalue weighted by molar-refractivity contribution is 0.0107. The van der Waals surface area contributed by atoms with Gasteiger partial charge in [-0.25, -0.2) is 4.79 Å². The van der Waals surface area contributed by atoms with Crippen LogP contribution < -0.4 is 0 Å². The van der Waals surface area contributed by atoms with E-state index in [-0.39, 0.29) is 18.2 Å². The summed E-state index contributed by atoms with van der Waals surface area (Å²) in [5, 5.41) is 21.2. The number of carbonyl (C=O) groups is 1. The summed E-state index contributed by atoms with van der Waals surface area (Å²) in [6.07, 6.45) is 0.361. The number of phenols is 1. The number of nitrogens with zero attached hydrogens (tertiary/aromatic N) is 1. The third kappa shape index (κ3) is 7.06. The highest BCUT2D eigenvalue weighted by Gasteiger charge is 2.28. The molecule has 2 aromatic carbocycles. The van der Waals surface area contributed by atoms with Crippen molar-refractivity contribution in [1.29, 1.82) is 0 Å². The quantitative estimate of drug-likeness (QED) is 0.597. The van der Waals surface area contributed by atoms with Crippen molar-refractivity contribution in [1.82, 2.24) is 4.90 Å². The van der Waals surface area contributed by atoms with E-state index in [1.165, 1.54) is 4.90 Å². The highest BCUT2D eigenvalue weighted by molar-refractivity contribution is 7.99. The summed E-state index contributed by atoms with van der Waals surface area (Å²) < 4.78 is 5.63. The average molecular weight is 464 g/mol. The molecule has 3 rings (SSSR count). The first-order chi connectivity index (χ1) is 14.6. The van der Waals surface area contributed by atoms with E-state index in [1.54, 1.807) is 53.1 Å². The highest BCUT2D eigenvalue weighted by Crippen LogP contribution is 2.34. The van der Waals surface area contributed by atoms with E-state index in [1.807, 2.05) is 26.8 Å². The number of hydrogen-bond donors (Lipinski definition) is 2. The van der Waals surface area contributed by atoms with Gasteiger partial charge in [-0.05, 0) is 86.7 Å². The predicted octanol–water partition coefficient (Wildman–Crippen LogP) is 5.67. The molecule has 0 aromatic heterocycles. The van der Waals surface area contributed by atoms with E-state index in [2.05, 4.69) is 0 Å². The van der Waals surface area contributed by atoms with Crippen LogP contribution in [0.15, 0.2) is 47.4 Å². The van der Waals surface area contributed by atoms with Crippen molar-refractivity contribution < 1.29 is 19.7 Å². The fourth-order valence-corrected chi connectivity index (χ4v) is 5.02. The first-order valence-corrected chi connectivity index (χ1v) is 11.8. The van der Waals surface area contributed by atoms with E-state index in [9.17, 15) is 15.0 Å². The van der Waals surface area contributed by atoms with E-state index < -0.39 is 17.8 Å². The minimum Gasteiger partial charge on any atom is -0.508 e. The second-order valence-corrected chi connectivity index (χ2v) is 10.5. The zero-order valence-corrected chi connectivity index (χ0v) is 19.7. The Morgan fingerprint density at radius 1 is 1.29 bits per heavy atom. The molecule has 2 atom stereocenters. The first-order valence-electron chi connectivity index (χ1n) is 10.5. The van der Waals surface area contributed by atoms with Crippen molar-refractivity contribution in [2.24, 2.45) is 5.92 Å². The highest BCUT2D eigenvalue weighted by atomic mass is 35.5. The Morgan fingerprint density at radius 3 is 2.77 bits per heavy atom. The van der Waals surface area contributed by atoms with Gasteiger partial charge in [-0.2, -0.15) is 0 Å². The van der Waals surface area contributed by atoms with Gasteiger partial charge in [0.15, 0.2) is 0 Å². The number of fused-ring (bicyclic) bond motifs is 1. The van der Waals surface area contributed by atoms with Crippen molar-refractivity contribution in [3.8, 4) is 5.75 Å². The van der Waals surface area contributed by atoms with Gasteiger partial charge >= 0.3 is 6.09 Å². The molecule has 1 aliphatic heterocycles. The lowest BCUT2D eigenvalue weighted by Crippen LogP contribution is -2.42. The number of phenolic OH excluding ortho intramolecular Hbond substituents is 1. The normalized spacial score (nSPS) is 17.4. The number of benzene rings is 2. The van der Waals surface area contributed by atoms with Crippen LogP contribution in [0.25, 0.3) is 0 Å². The molecule has 0 bridgehead atoms. The van der Waals surface area contributed by atoms with Gasteiger partial charge in [0.2, 0.25) is 0 Å². The largest absolute Gasteiger partial charge is 0.508 e. The molecule has 168 valence electrons. The van der Waals surface area contributed by atoms with Gasteiger partial charge in [0.1, 0.15) is 11.4 Å². The van der Waals surface area contributed by atoms with Crippen LogP contribution in [0.3, 0.4) is 0 Å². The van der Waals surface area contributed by atoms with Crippen molar-refractivity contribution in [3.63, 3.8) is 0 Å². The van der Waals surface area contributed by atoms with Crippen molar-refractivity contribution in [2.45, 2.75) is 50.2 Å². The lowest BCUT2D eigenvalue weighted by atomic mass is 9.96. The molecule has 2 aromatic rings. The molecule has 1 amide bonds. The maximum atomic E-state index is 13.0. The van der Waals surface area contributed by atoms with Gasteiger partial charge in [0.25, 0.3) is 0 Å². The van der Waals surface area contributed by atoms with Gasteiger partial charge in [0.05, 0.1) is 12.6 Å². The molecular weight excluding hydrogens is 434 g/mol. The minimum absolute atomic E-state index is 0.117. The van der Waals surface area contributed by atoms with E-state index in [0.717, 1.165) is 24.2 Å². The molecule has 0 fully saturated rings. The van der Waals surface area contributed by atoms with Crippen LogP contribution in [0, 0.1) is 5.92 Å². The zero-order valence-electron chi connectivity index (χ0n) is 18.2. The molecule has 2 N–H and O–H groups in total. The summed E-state index contributed by atoms with van der Waals surface area (Å²) in [6, 6.07) is 12.5. The Morgan fingerprint density at radius 2 is 2.06 bits per heavy atom. The van der Waals surface area contributed by atoms with Gasteiger partial charge < -0.3 is 19.8 Å². The molecule has 5 nitrogen and oxygen atoms in total. The Balaban J connectivity index is 1.78. The Hall–Kier alpha value is -1.89. The monoisotopic (exact) mass is 463 g/mol. The van der Waals surface area contributed by atoms with Crippen LogP contribution in [0.1, 0.15) is 44.4 Å². The minimum atomic E-state index is -0.872. The summed E-state index contributed by atoms with van der Waals surface area (Å²) >= 11 is 7.84. The first kappa shape index (κ1) is 23.8. The average Bonchev–Trinajstić information content (AvgIpc) is 2.87. The summed E-state index contributed by atoms with van der Waals surface area (Å²) in [7, 11) is 0. The molecule has 2 unspecified atom stereocenters. The maximum Gasteiger partial charge on any atom is 0.410 e. The number of carbonyl (C=O) groups excluding carboxylic acids is 1. The number of halogens is 1. The van der Waals surface area contributed by atoms with Crippen molar-refractivity contribution >= 4 is 29.5 Å². The van der Waals surface area contributed by atoms with Crippen LogP contribution in [0.5, 0.6) is 5.75 Å². The molecule has 7 heteroatoms. The smallest absolute Gasteiger partial charge is 0.410 e. The van der Waals surface area contributed by atoms with E-state index in [4.69, 9.17) is 16.3 Å². The zero-order chi connectivity index (χ0) is 22.6. The Kier molecular flexibility index (Phi) is 7.78. The van der Waals surface area contributed by atoms with Crippen LogP contribution in [-0.4, -0.2) is 45.6 Å². The number of aliphatic hydroxyl groups excluding tert-OH is 1. The number of thioether (sulfide) groups is 1. The molecule has 0 radical (unpaired) electrons. The number of hydrogen-bond acceptors (Lipinski definition) is 5. The summed E-state index contributed by atoms with van der Waals surface area (Å²) in [5.41, 5.74) is 1.12. The second kappa shape index (κ2) is 10.2. The third-order valence-corrected chi connectivity index (χ3v) is 6.48. The van der Waals surface area contributed by atoms with Gasteiger partial charge in [0, 0.05) is 16.5 Å². The third-order valence-electron chi connectivity index (χ3n) is 5.09. The summed E-state index contributed by atoms with van der Waals surface area (Å²) in [6.45, 7) is 6.07. The van der Waals surface area contributed by atoms with E-state index in [0.29, 0.717) is 17.1 Å². The maximum absolute atomic E-state index is 13.0. The molecule has 0 saturated carbocycles. The SMILES string of the molecule is CC(C)(C)OC(=O)N(CC1CCSc2ccc(O)cc2C1)CC(O)c1cccc(Cl)c1. The molecule has 0 aliphatic carbocycles. The number of rotatable bonds is 5. The molecular formula is C24H30ClNO4S. The van der Waals surface area contributed by atoms with Gasteiger partial charge in [-0.1, -0.05) is 23.7 Å². The summed E-state index contributed by atoms with van der Waals surface area (Å²) in [5.74, 6) is 1.37. The Labute approximate surface area is 193 Å². The number of ether oxygens (including phenoxy) is 1. The predicted molar refractivity (Wildman–Crippen MR) is 125 cm³/mol. The van der Waals surface area contributed by atoms with Crippen LogP contribution >= 0.6 is 23.4 Å². The second-order valence-electron chi connectivity index (χ2n) is 8.96. The molecule has 31 heavy (non-hydrogen) atoms.